The van der Waals surface area contributed by atoms with Crippen molar-refractivity contribution in [2.75, 3.05) is 19.1 Å². The molecule has 1 saturated carbocycles. The molecule has 0 bridgehead atoms. The number of phenolic OH excluding ortho intramolecular Hbond substituents is 1. The first-order valence-electron chi connectivity index (χ1n) is 16.4. The van der Waals surface area contributed by atoms with Crippen molar-refractivity contribution >= 4 is 70.1 Å². The number of hydrogen-bond acceptors (Lipinski definition) is 8. The van der Waals surface area contributed by atoms with Crippen LogP contribution in [0.15, 0.2) is 72.3 Å². The number of hydrazine groups is 1. The van der Waals surface area contributed by atoms with Gasteiger partial charge in [0.25, 0.3) is 11.8 Å². The molecule has 4 amide bonds. The number of carbonyl (C=O) groups excluding carboxylic acids is 4. The van der Waals surface area contributed by atoms with E-state index in [4.69, 9.17) is 44.6 Å². The molecule has 2 saturated heterocycles. The first-order chi connectivity index (χ1) is 24.4. The summed E-state index contributed by atoms with van der Waals surface area (Å²) >= 11 is 19.2. The van der Waals surface area contributed by atoms with Crippen molar-refractivity contribution in [3.05, 3.63) is 98.5 Å². The van der Waals surface area contributed by atoms with Gasteiger partial charge in [-0.25, -0.2) is 0 Å². The van der Waals surface area contributed by atoms with E-state index in [0.29, 0.717) is 21.9 Å². The highest BCUT2D eigenvalue weighted by molar-refractivity contribution is 6.36. The molecule has 0 spiro atoms. The zero-order valence-corrected chi connectivity index (χ0v) is 29.4. The summed E-state index contributed by atoms with van der Waals surface area (Å²) in [6.07, 6.45) is 1.94. The van der Waals surface area contributed by atoms with Crippen LogP contribution in [0.2, 0.25) is 15.1 Å². The van der Waals surface area contributed by atoms with E-state index in [9.17, 15) is 24.3 Å². The van der Waals surface area contributed by atoms with Gasteiger partial charge in [0.05, 0.1) is 41.0 Å². The predicted octanol–water partition coefficient (Wildman–Crippen LogP) is 6.21. The second kappa shape index (κ2) is 13.2. The summed E-state index contributed by atoms with van der Waals surface area (Å²) in [7, 11) is 1.51. The predicted molar refractivity (Wildman–Crippen MR) is 187 cm³/mol. The van der Waals surface area contributed by atoms with E-state index in [2.05, 4.69) is 5.43 Å². The number of amides is 4. The third-order valence-electron chi connectivity index (χ3n) is 10.7. The molecule has 3 aromatic carbocycles. The fraction of sp³-hybridized carbons (Fsp3) is 0.324. The van der Waals surface area contributed by atoms with E-state index in [1.165, 1.54) is 25.3 Å². The topological polar surface area (TPSA) is 154 Å². The number of imide groups is 2. The largest absolute Gasteiger partial charge is 0.508 e. The molecule has 14 heteroatoms. The van der Waals surface area contributed by atoms with Crippen molar-refractivity contribution in [1.29, 1.82) is 0 Å². The van der Waals surface area contributed by atoms with Crippen molar-refractivity contribution in [2.24, 2.45) is 23.7 Å². The molecule has 3 aromatic rings. The summed E-state index contributed by atoms with van der Waals surface area (Å²) < 4.78 is 5.41. The molecular weight excluding hydrogens is 721 g/mol. The first-order valence-corrected chi connectivity index (χ1v) is 17.5. The molecule has 4 aliphatic rings. The average molecular weight is 753 g/mol. The number of nitrogens with zero attached hydrogens (tertiary/aromatic N) is 2. The number of anilines is 1. The SMILES string of the molecule is COc1ccc(C23C(=O)N(Nc4ccc(Cl)cc4Cl)C(=O)C2CC2C(=CCC4C(=O)N(CCCC(=O)O)C(=O)C42)C3c2cc(Cl)ccc2O)cc1. The lowest BCUT2D eigenvalue weighted by Crippen LogP contribution is -2.53. The second-order valence-corrected chi connectivity index (χ2v) is 14.5. The van der Waals surface area contributed by atoms with Gasteiger partial charge < -0.3 is 14.9 Å². The number of likely N-dealkylation sites (tertiary alicyclic amines) is 1. The molecule has 2 heterocycles. The molecule has 264 valence electrons. The monoisotopic (exact) mass is 751 g/mol. The van der Waals surface area contributed by atoms with Crippen molar-refractivity contribution in [1.82, 2.24) is 9.91 Å². The Hall–Kier alpha value is -4.58. The van der Waals surface area contributed by atoms with E-state index in [1.54, 1.807) is 42.5 Å². The third-order valence-corrected chi connectivity index (χ3v) is 11.5. The number of carboxylic acid groups (broad SMARTS) is 1. The quantitative estimate of drug-likeness (QED) is 0.171. The van der Waals surface area contributed by atoms with E-state index in [-0.39, 0.29) is 59.3 Å². The minimum Gasteiger partial charge on any atom is -0.508 e. The van der Waals surface area contributed by atoms with Gasteiger partial charge in [0.2, 0.25) is 11.8 Å². The molecule has 2 aliphatic carbocycles. The third kappa shape index (κ3) is 5.53. The molecule has 3 fully saturated rings. The summed E-state index contributed by atoms with van der Waals surface area (Å²) in [6, 6.07) is 15.9. The number of aliphatic carboxylic acids is 1. The number of ether oxygens (including phenoxy) is 1. The minimum atomic E-state index is -1.67. The lowest BCUT2D eigenvalue weighted by molar-refractivity contribution is -0.142. The van der Waals surface area contributed by atoms with Crippen LogP contribution in [0, 0.1) is 23.7 Å². The van der Waals surface area contributed by atoms with Gasteiger partial charge in [-0.2, -0.15) is 5.01 Å². The number of phenols is 1. The highest BCUT2D eigenvalue weighted by atomic mass is 35.5. The Morgan fingerprint density at radius 1 is 0.941 bits per heavy atom. The summed E-state index contributed by atoms with van der Waals surface area (Å²) in [5.74, 6) is -7.13. The van der Waals surface area contributed by atoms with Crippen LogP contribution < -0.4 is 10.2 Å². The second-order valence-electron chi connectivity index (χ2n) is 13.2. The number of rotatable bonds is 9. The Balaban J connectivity index is 1.42. The number of carboxylic acids is 1. The van der Waals surface area contributed by atoms with Gasteiger partial charge in [-0.15, -0.1) is 0 Å². The zero-order chi connectivity index (χ0) is 36.4. The molecule has 7 rings (SSSR count). The maximum absolute atomic E-state index is 15.3. The molecule has 51 heavy (non-hydrogen) atoms. The Labute approximate surface area is 307 Å². The lowest BCUT2D eigenvalue weighted by atomic mass is 9.49. The maximum atomic E-state index is 15.3. The highest BCUT2D eigenvalue weighted by Crippen LogP contribution is 2.65. The number of aromatic hydroxyl groups is 1. The Kier molecular flexibility index (Phi) is 9.02. The Bertz CT molecular complexity index is 2020. The van der Waals surface area contributed by atoms with Crippen LogP contribution >= 0.6 is 34.8 Å². The van der Waals surface area contributed by atoms with Crippen molar-refractivity contribution in [3.63, 3.8) is 0 Å². The van der Waals surface area contributed by atoms with Gasteiger partial charge in [0.1, 0.15) is 11.5 Å². The smallest absolute Gasteiger partial charge is 0.303 e. The number of hydrogen-bond donors (Lipinski definition) is 3. The van der Waals surface area contributed by atoms with Gasteiger partial charge in [0, 0.05) is 34.5 Å². The molecule has 6 atom stereocenters. The molecule has 0 radical (unpaired) electrons. The average Bonchev–Trinajstić information content (AvgIpc) is 3.47. The summed E-state index contributed by atoms with van der Waals surface area (Å²) in [5.41, 5.74) is 2.88. The summed E-state index contributed by atoms with van der Waals surface area (Å²) in [4.78, 5) is 70.1. The Morgan fingerprint density at radius 2 is 1.65 bits per heavy atom. The molecule has 2 aliphatic heterocycles. The van der Waals surface area contributed by atoms with Crippen LogP contribution in [0.4, 0.5) is 5.69 Å². The number of halogens is 3. The normalized spacial score (nSPS) is 26.8. The van der Waals surface area contributed by atoms with Crippen molar-refractivity contribution in [3.8, 4) is 11.5 Å². The van der Waals surface area contributed by atoms with Gasteiger partial charge in [-0.1, -0.05) is 58.6 Å². The number of nitrogens with one attached hydrogen (secondary N) is 1. The molecular formula is C37H32Cl3N3O8. The maximum Gasteiger partial charge on any atom is 0.303 e. The van der Waals surface area contributed by atoms with Crippen LogP contribution in [0.1, 0.15) is 42.7 Å². The van der Waals surface area contributed by atoms with Gasteiger partial charge in [-0.05, 0) is 79.3 Å². The standard InChI is InChI=1S/C37H32Cl3N3O8/c1-51-21-8-4-18(5-9-21)37-26(34(48)43(36(37)50)41-28-12-6-20(39)16-27(28)40)17-24-22(32(37)25-15-19(38)7-13-29(25)44)10-11-23-31(24)35(49)42(33(23)47)14-2-3-30(45)46/h4-10,12-13,15-16,23-24,26,31-32,41,44H,2-3,11,14,17H2,1H3,(H,45,46). The Morgan fingerprint density at radius 3 is 2.33 bits per heavy atom. The summed E-state index contributed by atoms with van der Waals surface area (Å²) in [5, 5.41) is 22.4. The fourth-order valence-corrected chi connectivity index (χ4v) is 9.25. The highest BCUT2D eigenvalue weighted by Gasteiger charge is 2.70. The number of fused-ring (bicyclic) bond motifs is 4. The van der Waals surface area contributed by atoms with Crippen LogP contribution in [0.5, 0.6) is 11.5 Å². The van der Waals surface area contributed by atoms with E-state index < -0.39 is 64.6 Å². The van der Waals surface area contributed by atoms with Crippen LogP contribution in [-0.4, -0.2) is 63.4 Å². The van der Waals surface area contributed by atoms with E-state index in [1.807, 2.05) is 6.08 Å². The van der Waals surface area contributed by atoms with Crippen molar-refractivity contribution in [2.45, 2.75) is 37.0 Å². The van der Waals surface area contributed by atoms with E-state index in [0.717, 1.165) is 9.91 Å². The fourth-order valence-electron chi connectivity index (χ4n) is 8.62. The number of allylic oxidation sites excluding steroid dienone is 2. The molecule has 3 N–H and O–H groups in total. The van der Waals surface area contributed by atoms with Crippen LogP contribution in [-0.2, 0) is 29.4 Å². The van der Waals surface area contributed by atoms with Gasteiger partial charge in [-0.3, -0.25) is 34.3 Å². The van der Waals surface area contributed by atoms with Gasteiger partial charge in [0.15, 0.2) is 0 Å². The van der Waals surface area contributed by atoms with Crippen molar-refractivity contribution < 1.29 is 38.9 Å². The van der Waals surface area contributed by atoms with E-state index >= 15 is 4.79 Å². The molecule has 6 unspecified atom stereocenters. The minimum absolute atomic E-state index is 0.0238. The first kappa shape index (κ1) is 34.9. The zero-order valence-electron chi connectivity index (χ0n) is 27.1. The van der Waals surface area contributed by atoms with Crippen LogP contribution in [0.25, 0.3) is 0 Å². The lowest BCUT2D eigenvalue weighted by Gasteiger charge is -2.50. The van der Waals surface area contributed by atoms with Gasteiger partial charge >= 0.3 is 5.97 Å². The number of methoxy groups -OCH3 is 1. The summed E-state index contributed by atoms with van der Waals surface area (Å²) in [6.45, 7) is -0.0479. The molecule has 11 nitrogen and oxygen atoms in total. The molecule has 0 aromatic heterocycles. The number of carbonyl (C=O) groups is 5. The number of benzene rings is 3. The van der Waals surface area contributed by atoms with Crippen LogP contribution in [0.3, 0.4) is 0 Å².